The molecule has 0 aromatic heterocycles. The van der Waals surface area contributed by atoms with Crippen LogP contribution in [-0.2, 0) is 9.53 Å². The highest BCUT2D eigenvalue weighted by atomic mass is 79.9. The first kappa shape index (κ1) is 19.8. The number of hydrogen-bond donors (Lipinski definition) is 0. The highest BCUT2D eigenvalue weighted by Crippen LogP contribution is 2.39. The van der Waals surface area contributed by atoms with Crippen LogP contribution >= 0.6 is 15.9 Å². The Morgan fingerprint density at radius 3 is 2.18 bits per heavy atom. The minimum atomic E-state index is -0.550. The second kappa shape index (κ2) is 8.35. The Morgan fingerprint density at radius 1 is 0.964 bits per heavy atom. The summed E-state index contributed by atoms with van der Waals surface area (Å²) in [5.74, 6) is 1.75. The summed E-state index contributed by atoms with van der Waals surface area (Å²) < 4.78 is 27.2. The van der Waals surface area contributed by atoms with E-state index in [4.69, 9.17) is 23.7 Å². The summed E-state index contributed by atoms with van der Waals surface area (Å²) >= 11 is 3.44. The van der Waals surface area contributed by atoms with E-state index in [1.54, 1.807) is 43.5 Å². The van der Waals surface area contributed by atoms with Crippen molar-refractivity contribution in [1.82, 2.24) is 0 Å². The first-order valence-corrected chi connectivity index (χ1v) is 8.96. The van der Waals surface area contributed by atoms with E-state index in [1.165, 1.54) is 21.3 Å². The van der Waals surface area contributed by atoms with Gasteiger partial charge in [0.05, 0.1) is 34.0 Å². The monoisotopic (exact) mass is 447 g/mol. The molecule has 1 aliphatic rings. The summed E-state index contributed by atoms with van der Waals surface area (Å²) in [6.45, 7) is 0. The number of hydrogen-bond acceptors (Lipinski definition) is 7. The maximum atomic E-state index is 12.3. The van der Waals surface area contributed by atoms with Crippen LogP contribution in [-0.4, -0.2) is 40.3 Å². The van der Waals surface area contributed by atoms with E-state index < -0.39 is 5.97 Å². The fraction of sp³-hybridized carbons (Fsp3) is 0.200. The molecule has 1 aliphatic heterocycles. The van der Waals surface area contributed by atoms with Crippen molar-refractivity contribution < 1.29 is 28.5 Å². The second-order valence-corrected chi connectivity index (χ2v) is 6.49. The molecule has 0 fully saturated rings. The number of ether oxygens (including phenoxy) is 5. The third kappa shape index (κ3) is 3.82. The van der Waals surface area contributed by atoms with Gasteiger partial charge in [-0.15, -0.1) is 0 Å². The van der Waals surface area contributed by atoms with Crippen LogP contribution in [0, 0.1) is 0 Å². The van der Waals surface area contributed by atoms with E-state index in [0.717, 1.165) is 0 Å². The molecular formula is C20H18BrNO6. The van der Waals surface area contributed by atoms with E-state index >= 15 is 0 Å². The third-order valence-corrected chi connectivity index (χ3v) is 4.67. The molecule has 0 saturated heterocycles. The van der Waals surface area contributed by atoms with Crippen molar-refractivity contribution in [3.63, 3.8) is 0 Å². The Hall–Kier alpha value is -3.00. The average Bonchev–Trinajstić information content (AvgIpc) is 3.06. The molecule has 2 aromatic rings. The normalized spacial score (nSPS) is 14.5. The number of halogens is 1. The Bertz CT molecular complexity index is 958. The number of methoxy groups -OCH3 is 4. The Morgan fingerprint density at radius 2 is 1.64 bits per heavy atom. The molecule has 0 amide bonds. The van der Waals surface area contributed by atoms with Crippen molar-refractivity contribution >= 4 is 33.9 Å². The van der Waals surface area contributed by atoms with Gasteiger partial charge in [0.2, 0.25) is 11.6 Å². The minimum Gasteiger partial charge on any atom is -0.497 e. The summed E-state index contributed by atoms with van der Waals surface area (Å²) in [5.41, 5.74) is 1.45. The molecule has 3 rings (SSSR count). The van der Waals surface area contributed by atoms with Crippen LogP contribution in [0.5, 0.6) is 23.0 Å². The molecule has 8 heteroatoms. The summed E-state index contributed by atoms with van der Waals surface area (Å²) in [7, 11) is 6.15. The predicted molar refractivity (Wildman–Crippen MR) is 107 cm³/mol. The van der Waals surface area contributed by atoms with Gasteiger partial charge < -0.3 is 23.7 Å². The molecule has 146 valence electrons. The van der Waals surface area contributed by atoms with Gasteiger partial charge in [-0.3, -0.25) is 0 Å². The largest absolute Gasteiger partial charge is 0.497 e. The van der Waals surface area contributed by atoms with Gasteiger partial charge in [0.25, 0.3) is 0 Å². The SMILES string of the molecule is COc1ccc(C2=N/C(=C\c3cc(OC)c(OC)c(OC)c3)C(=O)O2)c(Br)c1. The van der Waals surface area contributed by atoms with Crippen LogP contribution in [0.15, 0.2) is 45.5 Å². The Balaban J connectivity index is 2.00. The lowest BCUT2D eigenvalue weighted by Crippen LogP contribution is -2.06. The van der Waals surface area contributed by atoms with E-state index in [-0.39, 0.29) is 11.6 Å². The van der Waals surface area contributed by atoms with Crippen molar-refractivity contribution in [1.29, 1.82) is 0 Å². The van der Waals surface area contributed by atoms with Gasteiger partial charge in [0, 0.05) is 4.47 Å². The number of esters is 1. The van der Waals surface area contributed by atoms with E-state index in [1.807, 2.05) is 0 Å². The molecule has 7 nitrogen and oxygen atoms in total. The summed E-state index contributed by atoms with van der Waals surface area (Å²) in [5, 5.41) is 0. The highest BCUT2D eigenvalue weighted by molar-refractivity contribution is 9.10. The zero-order valence-electron chi connectivity index (χ0n) is 15.7. The number of rotatable bonds is 6. The minimum absolute atomic E-state index is 0.159. The van der Waals surface area contributed by atoms with Crippen molar-refractivity contribution in [3.8, 4) is 23.0 Å². The van der Waals surface area contributed by atoms with Gasteiger partial charge in [-0.1, -0.05) is 0 Å². The zero-order valence-corrected chi connectivity index (χ0v) is 17.3. The maximum absolute atomic E-state index is 12.3. The molecule has 0 aliphatic carbocycles. The Kier molecular flexibility index (Phi) is 5.89. The lowest BCUT2D eigenvalue weighted by atomic mass is 10.1. The van der Waals surface area contributed by atoms with Gasteiger partial charge in [-0.25, -0.2) is 9.79 Å². The fourth-order valence-corrected chi connectivity index (χ4v) is 3.19. The number of carbonyl (C=O) groups is 1. The smallest absolute Gasteiger partial charge is 0.363 e. The van der Waals surface area contributed by atoms with Gasteiger partial charge in [0.1, 0.15) is 5.75 Å². The van der Waals surface area contributed by atoms with Crippen molar-refractivity contribution in [2.24, 2.45) is 4.99 Å². The maximum Gasteiger partial charge on any atom is 0.363 e. The first-order chi connectivity index (χ1) is 13.5. The molecule has 0 saturated carbocycles. The first-order valence-electron chi connectivity index (χ1n) is 8.17. The average molecular weight is 448 g/mol. The molecule has 28 heavy (non-hydrogen) atoms. The van der Waals surface area contributed by atoms with Crippen LogP contribution in [0.4, 0.5) is 0 Å². The quantitative estimate of drug-likeness (QED) is 0.494. The Labute approximate surface area is 170 Å². The highest BCUT2D eigenvalue weighted by Gasteiger charge is 2.26. The number of aliphatic imine (C=N–C) groups is 1. The lowest BCUT2D eigenvalue weighted by molar-refractivity contribution is -0.129. The van der Waals surface area contributed by atoms with Crippen molar-refractivity contribution in [2.45, 2.75) is 0 Å². The number of cyclic esters (lactones) is 1. The van der Waals surface area contributed by atoms with Crippen LogP contribution in [0.2, 0.25) is 0 Å². The van der Waals surface area contributed by atoms with E-state index in [0.29, 0.717) is 38.6 Å². The van der Waals surface area contributed by atoms with E-state index in [9.17, 15) is 4.79 Å². The molecule has 2 aromatic carbocycles. The number of nitrogens with zero attached hydrogens (tertiary/aromatic N) is 1. The molecule has 0 spiro atoms. The van der Waals surface area contributed by atoms with Crippen molar-refractivity contribution in [3.05, 3.63) is 51.6 Å². The molecule has 0 atom stereocenters. The van der Waals surface area contributed by atoms with Gasteiger partial charge in [-0.2, -0.15) is 0 Å². The fourth-order valence-electron chi connectivity index (χ4n) is 2.66. The summed E-state index contributed by atoms with van der Waals surface area (Å²) in [4.78, 5) is 16.6. The van der Waals surface area contributed by atoms with Crippen molar-refractivity contribution in [2.75, 3.05) is 28.4 Å². The zero-order chi connectivity index (χ0) is 20.3. The number of benzene rings is 2. The topological polar surface area (TPSA) is 75.6 Å². The van der Waals surface area contributed by atoms with Crippen LogP contribution in [0.3, 0.4) is 0 Å². The van der Waals surface area contributed by atoms with Gasteiger partial charge in [0.15, 0.2) is 17.2 Å². The summed E-state index contributed by atoms with van der Waals surface area (Å²) in [6.07, 6.45) is 1.59. The standard InChI is InChI=1S/C20H18BrNO6/c1-24-12-5-6-13(14(21)10-12)19-22-15(20(23)28-19)7-11-8-16(25-2)18(27-4)17(9-11)26-3/h5-10H,1-4H3/b15-7-. The predicted octanol–water partition coefficient (Wildman–Crippen LogP) is 3.83. The van der Waals surface area contributed by atoms with E-state index in [2.05, 4.69) is 20.9 Å². The molecular weight excluding hydrogens is 430 g/mol. The van der Waals surface area contributed by atoms with Crippen LogP contribution < -0.4 is 18.9 Å². The number of carbonyl (C=O) groups excluding carboxylic acids is 1. The molecule has 0 bridgehead atoms. The molecule has 0 unspecified atom stereocenters. The molecule has 0 N–H and O–H groups in total. The molecule has 0 radical (unpaired) electrons. The summed E-state index contributed by atoms with van der Waals surface area (Å²) in [6, 6.07) is 8.73. The molecule has 1 heterocycles. The third-order valence-electron chi connectivity index (χ3n) is 4.02. The van der Waals surface area contributed by atoms with Gasteiger partial charge >= 0.3 is 5.97 Å². The lowest BCUT2D eigenvalue weighted by Gasteiger charge is -2.12. The van der Waals surface area contributed by atoms with Crippen LogP contribution in [0.1, 0.15) is 11.1 Å². The second-order valence-electron chi connectivity index (χ2n) is 5.64. The van der Waals surface area contributed by atoms with Gasteiger partial charge in [-0.05, 0) is 57.9 Å². The van der Waals surface area contributed by atoms with Crippen LogP contribution in [0.25, 0.3) is 6.08 Å².